The third kappa shape index (κ3) is 30.1. The van der Waals surface area contributed by atoms with Crippen molar-refractivity contribution in [1.29, 1.82) is 0 Å². The number of aliphatic hydroxyl groups is 8. The Balaban J connectivity index is 0.000000222. The molecule has 0 bridgehead atoms. The summed E-state index contributed by atoms with van der Waals surface area (Å²) in [7, 11) is -66.9. The van der Waals surface area contributed by atoms with Crippen molar-refractivity contribution in [3.8, 4) is 0 Å². The first-order valence-electron chi connectivity index (χ1n) is 30.5. The van der Waals surface area contributed by atoms with Crippen LogP contribution < -0.4 is 39.7 Å². The van der Waals surface area contributed by atoms with Crippen LogP contribution in [0, 0.1) is 0 Å². The maximum atomic E-state index is 11.9. The molecule has 4 saturated heterocycles. The molecule has 0 saturated carbocycles. The van der Waals surface area contributed by atoms with Gasteiger partial charge in [-0.05, 0) is 6.07 Å². The molecule has 0 amide bonds. The number of nitrogens with two attached hydrogens (primary N) is 3. The molecule has 10 rings (SSSR count). The predicted octanol–water partition coefficient (Wildman–Crippen LogP) is -8.68. The maximum absolute atomic E-state index is 11.9. The van der Waals surface area contributed by atoms with Gasteiger partial charge in [-0.25, -0.2) is 84.3 Å². The largest absolute Gasteiger partial charge is 0.490 e. The number of aliphatic hydroxyl groups excluding tert-OH is 8. The molecule has 0 radical (unpaired) electrons. The fraction of sp³-hybridized carbons (Fsp3) is 0.526. The monoisotopic (exact) mass is 2000 g/mol. The van der Waals surface area contributed by atoms with E-state index in [1.54, 1.807) is 0 Å². The molecule has 83 heteroatoms. The molecule has 6 aromatic rings. The summed E-state index contributed by atoms with van der Waals surface area (Å²) >= 11 is 0. The van der Waals surface area contributed by atoms with Crippen LogP contribution in [0.1, 0.15) is 24.9 Å². The van der Waals surface area contributed by atoms with E-state index in [-0.39, 0.29) is 39.9 Å². The van der Waals surface area contributed by atoms with Gasteiger partial charge in [0.1, 0.15) is 90.9 Å². The van der Waals surface area contributed by atoms with Crippen LogP contribution in [0.5, 0.6) is 0 Å². The number of nitrogens with one attached hydrogen (secondary N) is 2. The third-order valence-corrected chi connectivity index (χ3v) is 29.5. The Morgan fingerprint density at radius 1 is 0.364 bits per heavy atom. The number of fused-ring (bicyclic) bond motifs is 2. The van der Waals surface area contributed by atoms with Crippen molar-refractivity contribution in [2.24, 2.45) is 0 Å². The zero-order chi connectivity index (χ0) is 91.6. The van der Waals surface area contributed by atoms with Gasteiger partial charge in [-0.3, -0.25) is 55.9 Å². The molecule has 0 aromatic carbocycles. The minimum atomic E-state index is -5.73. The Hall–Kier alpha value is -4.98. The van der Waals surface area contributed by atoms with Gasteiger partial charge in [0.25, 0.3) is 11.1 Å². The van der Waals surface area contributed by atoms with Crippen LogP contribution in [0.2, 0.25) is 0 Å². The minimum absolute atomic E-state index is 0.0426. The van der Waals surface area contributed by atoms with Crippen molar-refractivity contribution >= 4 is 134 Å². The maximum Gasteiger partial charge on any atom is 0.490 e. The predicted molar refractivity (Wildman–Crippen MR) is 369 cm³/mol. The Kier molecular flexibility index (Phi) is 33.5. The number of nitrogens with zero attached hydrogens (tertiary/aromatic N) is 10. The van der Waals surface area contributed by atoms with Gasteiger partial charge in [-0.15, -0.1) is 0 Å². The molecule has 24 atom stereocenters. The number of anilines is 3. The van der Waals surface area contributed by atoms with Crippen LogP contribution in [0.15, 0.2) is 62.7 Å². The Bertz CT molecular complexity index is 5590. The summed E-state index contributed by atoms with van der Waals surface area (Å²) < 4.78 is 205. The van der Waals surface area contributed by atoms with Gasteiger partial charge < -0.3 is 155 Å². The SMILES string of the molecule is Nc1ccn([C@@H]2O[C@H](COP(=O)(O)OP(=O)(O)OP(=O)(O)O)[C@@H](O)[C@H]2O)c(=O)n1.Nc1nc2c(ncn2[C@@H]2O[C@H](COP(=O)(O)OP(=O)(O)OP(=O)(O)O)[C@@H](O)[C@H]2O)c(=O)[nH]1.Nc1ncnc2c1ncn2[C@@H]1O[C@H](COP(=O)(O)OP(=O)(O)OP(=O)(O)O)[C@@H](O)[C@H]1O.O=c1ccn([C@@H]2O[C@H](COP(=O)(O)OP(=O)(O)OP(=O)(O)O)[C@@H](O)[C@H]2O)c(=O)[nH]1. The van der Waals surface area contributed by atoms with Crippen LogP contribution in [-0.4, -0.2) is 277 Å². The second-order valence-electron chi connectivity index (χ2n) is 23.1. The number of aromatic nitrogens is 12. The van der Waals surface area contributed by atoms with E-state index in [9.17, 15) is 134 Å². The van der Waals surface area contributed by atoms with Crippen LogP contribution >= 0.6 is 93.9 Å². The summed E-state index contributed by atoms with van der Waals surface area (Å²) in [5.41, 5.74) is 13.1. The number of phosphoric acid groups is 12. The Morgan fingerprint density at radius 2 is 0.678 bits per heavy atom. The first-order chi connectivity index (χ1) is 55.0. The zero-order valence-electron chi connectivity index (χ0n) is 58.0. The van der Waals surface area contributed by atoms with Gasteiger partial charge in [0.15, 0.2) is 47.5 Å². The summed E-state index contributed by atoms with van der Waals surface area (Å²) in [6, 6.07) is 2.12. The highest BCUT2D eigenvalue weighted by atomic mass is 31.3. The van der Waals surface area contributed by atoms with E-state index < -0.39 is 241 Å². The minimum Gasteiger partial charge on any atom is -0.387 e. The van der Waals surface area contributed by atoms with Crippen LogP contribution in [0.3, 0.4) is 0 Å². The number of nitrogen functional groups attached to an aromatic ring is 3. The zero-order valence-corrected chi connectivity index (χ0v) is 68.7. The average molecular weight is 2000 g/mol. The number of ether oxygens (including phenoxy) is 4. The molecule has 4 aliphatic rings. The van der Waals surface area contributed by atoms with Gasteiger partial charge in [-0.1, -0.05) is 0 Å². The lowest BCUT2D eigenvalue weighted by molar-refractivity contribution is -0.0542. The quantitative estimate of drug-likeness (QED) is 0.0174. The molecular formula is C38H63N15O56P12. The second-order valence-corrected chi connectivity index (χ2v) is 40.8. The molecular weight excluding hydrogens is 1930 g/mol. The molecule has 6 aromatic heterocycles. The van der Waals surface area contributed by atoms with E-state index in [4.69, 9.17) is 94.9 Å². The Labute approximate surface area is 662 Å². The number of aromatic amines is 2. The topological polar surface area (TPSA) is 1110 Å². The van der Waals surface area contributed by atoms with Crippen molar-refractivity contribution < 1.29 is 245 Å². The highest BCUT2D eigenvalue weighted by Gasteiger charge is 2.53. The number of hydrogen-bond donors (Lipinski definition) is 29. The van der Waals surface area contributed by atoms with Gasteiger partial charge >= 0.3 is 105 Å². The lowest BCUT2D eigenvalue weighted by Gasteiger charge is -2.19. The summed E-state index contributed by atoms with van der Waals surface area (Å²) in [5, 5.41) is 80.7. The molecule has 686 valence electrons. The molecule has 0 aliphatic carbocycles. The van der Waals surface area contributed by atoms with Gasteiger partial charge in [-0.2, -0.15) is 44.5 Å². The molecule has 32 N–H and O–H groups in total. The molecule has 4 fully saturated rings. The fourth-order valence-electron chi connectivity index (χ4n) is 9.70. The van der Waals surface area contributed by atoms with Crippen molar-refractivity contribution in [3.05, 3.63) is 85.2 Å². The first-order valence-corrected chi connectivity index (χ1v) is 48.6. The van der Waals surface area contributed by atoms with Crippen LogP contribution in [-0.2, 0) is 126 Å². The van der Waals surface area contributed by atoms with Gasteiger partial charge in [0, 0.05) is 18.5 Å². The van der Waals surface area contributed by atoms with Gasteiger partial charge in [0.05, 0.1) is 39.1 Å². The van der Waals surface area contributed by atoms with Crippen molar-refractivity contribution in [2.75, 3.05) is 43.6 Å². The summed E-state index contributed by atoms with van der Waals surface area (Å²) in [6.07, 6.45) is -20.1. The van der Waals surface area contributed by atoms with E-state index in [1.165, 1.54) is 17.0 Å². The smallest absolute Gasteiger partial charge is 0.387 e. The standard InChI is InChI=1S/C10H16N5O14P3.C10H16N5O13P3.C9H16N3O14P3.C9H15N2O15P3/c11-10-13-7-4(8(18)14-10)12-2-15(7)9-6(17)5(16)3(27-9)1-26-31(22,23)29-32(24,25)28-30(19,20)21;11-8-5-9(13-2-12-8)15(3-14-5)10-7(17)6(16)4(26-10)1-25-30(21,22)28-31(23,24)27-29(18,19)20;10-5-1-2-12(9(15)11-5)8-7(14)6(13)4(24-8)3-23-28(19,20)26-29(21,22)25-27(16,17)18;12-5-1-2-11(9(15)10-5)8-7(14)6(13)4(24-8)3-23-28(19,20)26-29(21,22)25-27(16,17)18/h2-3,5-6,9,16-17H,1H2,(H,22,23)(H,24,25)(H2,19,20,21)(H3,11,13,14,18);2-4,6-7,10,16-17H,1H2,(H,21,22)(H,23,24)(H2,11,12,13)(H2,18,19,20);1-2,4,6-8,13-14H,3H2,(H,19,20)(H,21,22)(H2,10,11,15)(H2,16,17,18);1-2,4,6-8,13-14H,3H2,(H,19,20)(H,21,22)(H,10,12,15)(H2,16,17,18)/t3-,5-,6-,9-;4-,6-,7-,10-;2*4-,6-,7-,8-/m1111/s1. The molecule has 4 aliphatic heterocycles. The van der Waals surface area contributed by atoms with E-state index >= 15 is 0 Å². The lowest BCUT2D eigenvalue weighted by atomic mass is 10.1. The van der Waals surface area contributed by atoms with Crippen molar-refractivity contribution in [3.63, 3.8) is 0 Å². The fourth-order valence-corrected chi connectivity index (χ4v) is 21.8. The second kappa shape index (κ2) is 39.3. The van der Waals surface area contributed by atoms with Gasteiger partial charge in [0.2, 0.25) is 5.95 Å². The highest BCUT2D eigenvalue weighted by Crippen LogP contribution is 2.70. The van der Waals surface area contributed by atoms with Crippen molar-refractivity contribution in [1.82, 2.24) is 58.1 Å². The van der Waals surface area contributed by atoms with Crippen LogP contribution in [0.4, 0.5) is 17.6 Å². The highest BCUT2D eigenvalue weighted by molar-refractivity contribution is 7.68. The summed E-state index contributed by atoms with van der Waals surface area (Å²) in [6.45, 7) is -4.03. The summed E-state index contributed by atoms with van der Waals surface area (Å²) in [5.74, 6) is -0.356. The number of imidazole rings is 2. The lowest BCUT2D eigenvalue weighted by Crippen LogP contribution is -2.37. The Morgan fingerprint density at radius 3 is 1.01 bits per heavy atom. The van der Waals surface area contributed by atoms with Crippen LogP contribution in [0.25, 0.3) is 22.3 Å². The number of phosphoric ester groups is 4. The number of H-pyrrole nitrogens is 2. The average Bonchev–Trinajstić information content (AvgIpc) is 1.61. The molecule has 0 spiro atoms. The normalized spacial score (nSPS) is 28.7. The van der Waals surface area contributed by atoms with Crippen molar-refractivity contribution in [2.45, 2.75) is 98.2 Å². The molecule has 10 heterocycles. The summed E-state index contributed by atoms with van der Waals surface area (Å²) in [4.78, 5) is 215. The number of rotatable bonds is 32. The van der Waals surface area contributed by atoms with E-state index in [2.05, 4.69) is 87.5 Å². The third-order valence-electron chi connectivity index (χ3n) is 14.3. The molecule has 121 heavy (non-hydrogen) atoms. The first kappa shape index (κ1) is 103. The number of hydrogen-bond acceptors (Lipinski definition) is 49. The van der Waals surface area contributed by atoms with E-state index in [0.29, 0.717) is 4.57 Å². The van der Waals surface area contributed by atoms with E-state index in [1.807, 2.05) is 4.98 Å². The molecule has 8 unspecified atom stereocenters. The van der Waals surface area contributed by atoms with E-state index in [0.717, 1.165) is 40.2 Å². The molecule has 71 nitrogen and oxygen atoms in total.